The molecule has 1 aromatic rings. The van der Waals surface area contributed by atoms with Gasteiger partial charge in [0.15, 0.2) is 0 Å². The molecule has 0 aromatic heterocycles. The monoisotopic (exact) mass is 204 g/mol. The number of aliphatic hydroxyl groups excluding tert-OH is 1. The van der Waals surface area contributed by atoms with Crippen LogP contribution in [0.15, 0.2) is 54.6 Å². The minimum absolute atomic E-state index is 0. The molecule has 0 amide bonds. The highest BCUT2D eigenvalue weighted by molar-refractivity contribution is 5.12. The first-order valence-corrected chi connectivity index (χ1v) is 4.82. The summed E-state index contributed by atoms with van der Waals surface area (Å²) in [6.45, 7) is 2.08. The van der Waals surface area contributed by atoms with Gasteiger partial charge >= 0.3 is 0 Å². The van der Waals surface area contributed by atoms with Crippen molar-refractivity contribution in [1.29, 1.82) is 0 Å². The van der Waals surface area contributed by atoms with E-state index in [0.29, 0.717) is 0 Å². The van der Waals surface area contributed by atoms with Crippen LogP contribution in [0.5, 0.6) is 0 Å². The largest absolute Gasteiger partial charge is 0.389 e. The number of hydrogen-bond donors (Lipinski definition) is 1. The minimum Gasteiger partial charge on any atom is -0.389 e. The predicted octanol–water partition coefficient (Wildman–Crippen LogP) is 3.49. The molecule has 1 aliphatic carbocycles. The molecule has 1 heteroatoms. The van der Waals surface area contributed by atoms with E-state index in [0.717, 1.165) is 6.42 Å². The van der Waals surface area contributed by atoms with Gasteiger partial charge in [0, 0.05) is 0 Å². The molecule has 0 fully saturated rings. The number of allylic oxidation sites excluding steroid dienone is 2. The van der Waals surface area contributed by atoms with Crippen molar-refractivity contribution in [1.82, 2.24) is 0 Å². The summed E-state index contributed by atoms with van der Waals surface area (Å²) in [5, 5.41) is 8.77. The van der Waals surface area contributed by atoms with Gasteiger partial charge in [0.1, 0.15) is 0 Å². The Bertz CT molecular complexity index is 298. The maximum atomic E-state index is 8.77. The van der Waals surface area contributed by atoms with Crippen molar-refractivity contribution in [3.63, 3.8) is 0 Å². The molecule has 0 aliphatic heterocycles. The smallest absolute Gasteiger partial charge is 0.0758 e. The summed E-state index contributed by atoms with van der Waals surface area (Å²) in [6, 6.07) is 10.3. The molecule has 1 nitrogen and oxygen atoms in total. The molecule has 0 radical (unpaired) electrons. The first kappa shape index (κ1) is 13.7. The van der Waals surface area contributed by atoms with Gasteiger partial charge in [-0.05, 0) is 13.3 Å². The quantitative estimate of drug-likeness (QED) is 0.686. The molecule has 0 bridgehead atoms. The first-order valence-electron chi connectivity index (χ1n) is 4.82. The zero-order valence-electron chi connectivity index (χ0n) is 8.43. The second-order valence-corrected chi connectivity index (χ2v) is 3.27. The van der Waals surface area contributed by atoms with Crippen LogP contribution in [0.4, 0.5) is 0 Å². The van der Waals surface area contributed by atoms with E-state index in [9.17, 15) is 0 Å². The molecule has 1 unspecified atom stereocenters. The molecule has 15 heavy (non-hydrogen) atoms. The standard InChI is InChI=1S/C7H8.C6H8O.CH4/c1-7-5-3-2-4-6-7;7-6-4-2-1-3-5-6;/h2-6H,1H3;1-4,6-7H,5H2;1H4. The summed E-state index contributed by atoms with van der Waals surface area (Å²) in [6.07, 6.45) is 8.06. The summed E-state index contributed by atoms with van der Waals surface area (Å²) < 4.78 is 0. The summed E-state index contributed by atoms with van der Waals surface area (Å²) in [4.78, 5) is 0. The number of aryl methyl sites for hydroxylation is 1. The molecule has 82 valence electrons. The second-order valence-electron chi connectivity index (χ2n) is 3.27. The van der Waals surface area contributed by atoms with Gasteiger partial charge in [-0.25, -0.2) is 0 Å². The van der Waals surface area contributed by atoms with Crippen molar-refractivity contribution in [2.45, 2.75) is 26.9 Å². The molecular weight excluding hydrogens is 184 g/mol. The fourth-order valence-electron chi connectivity index (χ4n) is 1.10. The van der Waals surface area contributed by atoms with Crippen LogP contribution in [0.1, 0.15) is 19.4 Å². The molecule has 0 heterocycles. The number of rotatable bonds is 0. The van der Waals surface area contributed by atoms with Crippen LogP contribution in [0.2, 0.25) is 0 Å². The van der Waals surface area contributed by atoms with Crippen LogP contribution in [0.25, 0.3) is 0 Å². The minimum atomic E-state index is -0.231. The SMILES string of the molecule is C.Cc1ccccc1.OC1C=CC=CC1. The normalized spacial score (nSPS) is 17.3. The Hall–Kier alpha value is -1.34. The van der Waals surface area contributed by atoms with E-state index in [1.165, 1.54) is 5.56 Å². The van der Waals surface area contributed by atoms with Crippen LogP contribution >= 0.6 is 0 Å². The van der Waals surface area contributed by atoms with Gasteiger partial charge in [-0.1, -0.05) is 67.6 Å². The molecule has 1 atom stereocenters. The summed E-state index contributed by atoms with van der Waals surface area (Å²) >= 11 is 0. The van der Waals surface area contributed by atoms with Crippen molar-refractivity contribution in [3.05, 3.63) is 60.2 Å². The van der Waals surface area contributed by atoms with E-state index in [1.54, 1.807) is 6.08 Å². The Morgan fingerprint density at radius 1 is 1.13 bits per heavy atom. The van der Waals surface area contributed by atoms with Crippen molar-refractivity contribution >= 4 is 0 Å². The topological polar surface area (TPSA) is 20.2 Å². The van der Waals surface area contributed by atoms with Gasteiger partial charge in [-0.2, -0.15) is 0 Å². The van der Waals surface area contributed by atoms with E-state index in [-0.39, 0.29) is 13.5 Å². The predicted molar refractivity (Wildman–Crippen MR) is 66.8 cm³/mol. The van der Waals surface area contributed by atoms with Crippen molar-refractivity contribution < 1.29 is 5.11 Å². The van der Waals surface area contributed by atoms with Crippen LogP contribution < -0.4 is 0 Å². The molecule has 1 aromatic carbocycles. The first-order chi connectivity index (χ1) is 6.79. The molecule has 0 spiro atoms. The fourth-order valence-corrected chi connectivity index (χ4v) is 1.10. The summed E-state index contributed by atoms with van der Waals surface area (Å²) in [7, 11) is 0. The highest BCUT2D eigenvalue weighted by atomic mass is 16.3. The zero-order valence-corrected chi connectivity index (χ0v) is 8.43. The third-order valence-electron chi connectivity index (χ3n) is 1.90. The number of aliphatic hydroxyl groups is 1. The van der Waals surface area contributed by atoms with Gasteiger partial charge in [0.05, 0.1) is 6.10 Å². The maximum absolute atomic E-state index is 8.77. The van der Waals surface area contributed by atoms with Gasteiger partial charge in [-0.3, -0.25) is 0 Å². The lowest BCUT2D eigenvalue weighted by Gasteiger charge is -2.01. The Morgan fingerprint density at radius 2 is 1.80 bits per heavy atom. The van der Waals surface area contributed by atoms with E-state index >= 15 is 0 Å². The van der Waals surface area contributed by atoms with Gasteiger partial charge in [0.25, 0.3) is 0 Å². The average Bonchev–Trinajstić information content (AvgIpc) is 2.21. The lowest BCUT2D eigenvalue weighted by atomic mass is 10.1. The van der Waals surface area contributed by atoms with Gasteiger partial charge < -0.3 is 5.11 Å². The van der Waals surface area contributed by atoms with Gasteiger partial charge in [-0.15, -0.1) is 0 Å². The van der Waals surface area contributed by atoms with E-state index in [4.69, 9.17) is 5.11 Å². The highest BCUT2D eigenvalue weighted by Crippen LogP contribution is 2.00. The molecule has 2 rings (SSSR count). The third kappa shape index (κ3) is 6.69. The molecule has 1 aliphatic rings. The van der Waals surface area contributed by atoms with Crippen LogP contribution in [-0.4, -0.2) is 11.2 Å². The van der Waals surface area contributed by atoms with Crippen molar-refractivity contribution in [3.8, 4) is 0 Å². The van der Waals surface area contributed by atoms with Gasteiger partial charge in [0.2, 0.25) is 0 Å². The van der Waals surface area contributed by atoms with E-state index < -0.39 is 0 Å². The average molecular weight is 204 g/mol. The molecular formula is C14H20O. The van der Waals surface area contributed by atoms with E-state index in [2.05, 4.69) is 19.1 Å². The highest BCUT2D eigenvalue weighted by Gasteiger charge is 1.95. The van der Waals surface area contributed by atoms with Crippen molar-refractivity contribution in [2.75, 3.05) is 0 Å². The lowest BCUT2D eigenvalue weighted by Crippen LogP contribution is -2.00. The Balaban J connectivity index is 0.000000245. The van der Waals surface area contributed by atoms with E-state index in [1.807, 2.05) is 36.4 Å². The Kier molecular flexibility index (Phi) is 7.29. The summed E-state index contributed by atoms with van der Waals surface area (Å²) in [5.41, 5.74) is 1.32. The summed E-state index contributed by atoms with van der Waals surface area (Å²) in [5.74, 6) is 0. The fraction of sp³-hybridized carbons (Fsp3) is 0.286. The number of benzene rings is 1. The molecule has 0 saturated carbocycles. The molecule has 1 N–H and O–H groups in total. The second kappa shape index (κ2) is 8.01. The van der Waals surface area contributed by atoms with Crippen LogP contribution in [0.3, 0.4) is 0 Å². The Labute approximate surface area is 92.8 Å². The third-order valence-corrected chi connectivity index (χ3v) is 1.90. The Morgan fingerprint density at radius 3 is 2.07 bits per heavy atom. The maximum Gasteiger partial charge on any atom is 0.0758 e. The zero-order chi connectivity index (χ0) is 10.2. The molecule has 0 saturated heterocycles. The number of hydrogen-bond acceptors (Lipinski definition) is 1. The van der Waals surface area contributed by atoms with Crippen LogP contribution in [0, 0.1) is 6.92 Å². The van der Waals surface area contributed by atoms with Crippen molar-refractivity contribution in [2.24, 2.45) is 0 Å². The lowest BCUT2D eigenvalue weighted by molar-refractivity contribution is 0.225. The van der Waals surface area contributed by atoms with Crippen LogP contribution in [-0.2, 0) is 0 Å².